The van der Waals surface area contributed by atoms with Gasteiger partial charge in [-0.1, -0.05) is 23.7 Å². The topological polar surface area (TPSA) is 17.8 Å². The molecule has 2 nitrogen and oxygen atoms in total. The summed E-state index contributed by atoms with van der Waals surface area (Å²) in [5.74, 6) is -0.707. The lowest BCUT2D eigenvalue weighted by Crippen LogP contribution is -2.05. The van der Waals surface area contributed by atoms with Crippen LogP contribution in [0.5, 0.6) is 0 Å². The average Bonchev–Trinajstić information content (AvgIpc) is 3.30. The molecule has 0 spiro atoms. The molecule has 0 fully saturated rings. The van der Waals surface area contributed by atoms with Crippen LogP contribution in [0.1, 0.15) is 5.56 Å². The summed E-state index contributed by atoms with van der Waals surface area (Å²) in [5.41, 5.74) is 0.399. The summed E-state index contributed by atoms with van der Waals surface area (Å²) in [6.45, 7) is 0. The quantitative estimate of drug-likeness (QED) is 0.322. The summed E-state index contributed by atoms with van der Waals surface area (Å²) in [7, 11) is 0. The highest BCUT2D eigenvalue weighted by Crippen LogP contribution is 2.39. The molecule has 4 rings (SSSR count). The maximum absolute atomic E-state index is 14.2. The smallest absolute Gasteiger partial charge is 0.231 e. The first-order valence-corrected chi connectivity index (χ1v) is 9.30. The molecule has 0 bridgehead atoms. The fourth-order valence-corrected chi connectivity index (χ4v) is 4.07. The fourth-order valence-electron chi connectivity index (χ4n) is 2.82. The Hall–Kier alpha value is -2.64. The van der Waals surface area contributed by atoms with Crippen molar-refractivity contribution in [2.75, 3.05) is 0 Å². The molecule has 28 heavy (non-hydrogen) atoms. The first-order valence-electron chi connectivity index (χ1n) is 8.11. The molecule has 8 heteroatoms. The van der Waals surface area contributed by atoms with E-state index < -0.39 is 17.6 Å². The molecule has 0 unspecified atom stereocenters. The Morgan fingerprint density at radius 2 is 1.68 bits per heavy atom. The van der Waals surface area contributed by atoms with Gasteiger partial charge in [0.15, 0.2) is 0 Å². The molecule has 0 aliphatic carbocycles. The van der Waals surface area contributed by atoms with Crippen molar-refractivity contribution in [2.45, 2.75) is 6.18 Å². The molecule has 2 heterocycles. The van der Waals surface area contributed by atoms with Crippen LogP contribution < -0.4 is 0 Å². The monoisotopic (exact) mass is 422 g/mol. The van der Waals surface area contributed by atoms with E-state index >= 15 is 0 Å². The molecule has 0 aliphatic heterocycles. The third-order valence-electron chi connectivity index (χ3n) is 4.14. The minimum atomic E-state index is -4.54. The predicted molar refractivity (Wildman–Crippen MR) is 102 cm³/mol. The number of halogens is 5. The van der Waals surface area contributed by atoms with E-state index in [4.69, 9.17) is 11.6 Å². The molecular formula is C20H11ClF4N2S. The summed E-state index contributed by atoms with van der Waals surface area (Å²) < 4.78 is 54.8. The summed E-state index contributed by atoms with van der Waals surface area (Å²) in [5, 5.41) is 4.79. The normalized spacial score (nSPS) is 11.8. The zero-order chi connectivity index (χ0) is 19.9. The summed E-state index contributed by atoms with van der Waals surface area (Å²) in [6.07, 6.45) is -2.94. The van der Waals surface area contributed by atoms with Crippen LogP contribution in [0.2, 0.25) is 5.02 Å². The van der Waals surface area contributed by atoms with Crippen LogP contribution >= 0.6 is 22.9 Å². The lowest BCUT2D eigenvalue weighted by Gasteiger charge is -2.09. The summed E-state index contributed by atoms with van der Waals surface area (Å²) in [6, 6.07) is 14.7. The number of benzene rings is 2. The van der Waals surface area contributed by atoms with E-state index in [0.717, 1.165) is 23.1 Å². The molecule has 0 amide bonds. The van der Waals surface area contributed by atoms with E-state index in [1.807, 2.05) is 6.07 Å². The zero-order valence-corrected chi connectivity index (χ0v) is 15.6. The molecule has 0 N–H and O–H groups in total. The highest BCUT2D eigenvalue weighted by atomic mass is 35.5. The van der Waals surface area contributed by atoms with E-state index in [-0.39, 0.29) is 5.56 Å². The van der Waals surface area contributed by atoms with Gasteiger partial charge in [0.25, 0.3) is 0 Å². The summed E-state index contributed by atoms with van der Waals surface area (Å²) in [4.78, 5) is 1.12. The number of alkyl halides is 3. The van der Waals surface area contributed by atoms with Crippen molar-refractivity contribution in [3.63, 3.8) is 0 Å². The van der Waals surface area contributed by atoms with Crippen molar-refractivity contribution in [2.24, 2.45) is 0 Å². The van der Waals surface area contributed by atoms with Gasteiger partial charge in [0, 0.05) is 10.4 Å². The number of rotatable bonds is 3. The van der Waals surface area contributed by atoms with E-state index in [1.54, 1.807) is 47.3 Å². The highest BCUT2D eigenvalue weighted by molar-refractivity contribution is 7.18. The summed E-state index contributed by atoms with van der Waals surface area (Å²) >= 11 is 7.42. The largest absolute Gasteiger partial charge is 0.416 e. The van der Waals surface area contributed by atoms with Crippen LogP contribution in [0.4, 0.5) is 17.6 Å². The van der Waals surface area contributed by atoms with Gasteiger partial charge in [0.05, 0.1) is 33.0 Å². The number of hydrogen-bond acceptors (Lipinski definition) is 2. The molecule has 2 aromatic carbocycles. The third kappa shape index (κ3) is 3.43. The van der Waals surface area contributed by atoms with Crippen LogP contribution in [-0.2, 0) is 6.18 Å². The molecule has 0 aliphatic rings. The van der Waals surface area contributed by atoms with Gasteiger partial charge >= 0.3 is 6.18 Å². The second-order valence-corrected chi connectivity index (χ2v) is 7.43. The van der Waals surface area contributed by atoms with Crippen LogP contribution in [-0.4, -0.2) is 9.78 Å². The van der Waals surface area contributed by atoms with Crippen LogP contribution in [0.15, 0.2) is 66.9 Å². The SMILES string of the molecule is Fc1ccc(C(F)(F)F)cc1-c1ccc(-c2ccnn2-c2ccccc2Cl)s1. The fraction of sp³-hybridized carbons (Fsp3) is 0.0500. The lowest BCUT2D eigenvalue weighted by atomic mass is 10.1. The van der Waals surface area contributed by atoms with Crippen LogP contribution in [0.3, 0.4) is 0 Å². The van der Waals surface area contributed by atoms with Gasteiger partial charge in [-0.2, -0.15) is 18.3 Å². The Kier molecular flexibility index (Phi) is 4.72. The number of nitrogens with zero attached hydrogens (tertiary/aromatic N) is 2. The maximum atomic E-state index is 14.2. The van der Waals surface area contributed by atoms with Crippen molar-refractivity contribution in [1.29, 1.82) is 0 Å². The Morgan fingerprint density at radius 1 is 0.929 bits per heavy atom. The van der Waals surface area contributed by atoms with E-state index in [0.29, 0.717) is 21.3 Å². The standard InChI is InChI=1S/C20H11ClF4N2S/c21-14-3-1-2-4-16(14)27-17(9-10-26-27)19-8-7-18(28-19)13-11-12(20(23,24)25)5-6-15(13)22/h1-11H. The van der Waals surface area contributed by atoms with Crippen molar-refractivity contribution in [1.82, 2.24) is 9.78 Å². The highest BCUT2D eigenvalue weighted by Gasteiger charge is 2.31. The van der Waals surface area contributed by atoms with Crippen molar-refractivity contribution in [3.8, 4) is 26.7 Å². The Balaban J connectivity index is 1.77. The van der Waals surface area contributed by atoms with Crippen LogP contribution in [0, 0.1) is 5.82 Å². The molecular weight excluding hydrogens is 412 g/mol. The molecule has 0 atom stereocenters. The van der Waals surface area contributed by atoms with E-state index in [1.165, 1.54) is 11.3 Å². The minimum absolute atomic E-state index is 0.0881. The molecule has 0 saturated heterocycles. The lowest BCUT2D eigenvalue weighted by molar-refractivity contribution is -0.137. The first-order chi connectivity index (χ1) is 13.3. The van der Waals surface area contributed by atoms with Gasteiger partial charge in [0.2, 0.25) is 0 Å². The predicted octanol–water partition coefficient (Wildman–Crippen LogP) is 7.08. The Morgan fingerprint density at radius 3 is 2.43 bits per heavy atom. The van der Waals surface area contributed by atoms with E-state index in [9.17, 15) is 17.6 Å². The van der Waals surface area contributed by atoms with Crippen molar-refractivity contribution >= 4 is 22.9 Å². The minimum Gasteiger partial charge on any atom is -0.231 e. The van der Waals surface area contributed by atoms with Gasteiger partial charge in [-0.3, -0.25) is 0 Å². The molecule has 0 radical (unpaired) electrons. The maximum Gasteiger partial charge on any atom is 0.416 e. The van der Waals surface area contributed by atoms with Gasteiger partial charge in [-0.05, 0) is 48.5 Å². The zero-order valence-electron chi connectivity index (χ0n) is 14.0. The first kappa shape index (κ1) is 18.7. The van der Waals surface area contributed by atoms with Crippen molar-refractivity contribution < 1.29 is 17.6 Å². The van der Waals surface area contributed by atoms with Gasteiger partial charge in [0.1, 0.15) is 5.82 Å². The Labute approximate surface area is 166 Å². The van der Waals surface area contributed by atoms with Crippen LogP contribution in [0.25, 0.3) is 26.7 Å². The van der Waals surface area contributed by atoms with Crippen molar-refractivity contribution in [3.05, 3.63) is 83.3 Å². The second kappa shape index (κ2) is 7.07. The third-order valence-corrected chi connectivity index (χ3v) is 5.60. The molecule has 142 valence electrons. The number of hydrogen-bond donors (Lipinski definition) is 0. The molecule has 4 aromatic rings. The molecule has 0 saturated carbocycles. The van der Waals surface area contributed by atoms with E-state index in [2.05, 4.69) is 5.10 Å². The van der Waals surface area contributed by atoms with Gasteiger partial charge in [-0.15, -0.1) is 11.3 Å². The second-order valence-electron chi connectivity index (χ2n) is 5.94. The number of para-hydroxylation sites is 1. The average molecular weight is 423 g/mol. The van der Waals surface area contributed by atoms with Gasteiger partial charge < -0.3 is 0 Å². The van der Waals surface area contributed by atoms with Gasteiger partial charge in [-0.25, -0.2) is 9.07 Å². The number of thiophene rings is 1. The molecule has 2 aromatic heterocycles. The number of aromatic nitrogens is 2. The Bertz CT molecular complexity index is 1150.